The van der Waals surface area contributed by atoms with Crippen molar-refractivity contribution in [3.8, 4) is 0 Å². The van der Waals surface area contributed by atoms with Gasteiger partial charge in [-0.15, -0.1) is 0 Å². The van der Waals surface area contributed by atoms with Crippen molar-refractivity contribution in [1.82, 2.24) is 0 Å². The summed E-state index contributed by atoms with van der Waals surface area (Å²) in [5.41, 5.74) is 6.83. The Morgan fingerprint density at radius 3 is 2.63 bits per heavy atom. The van der Waals surface area contributed by atoms with E-state index in [1.807, 2.05) is 0 Å². The fourth-order valence-electron chi connectivity index (χ4n) is 2.13. The molecular formula is C15H23FN2O. The number of benzene rings is 1. The minimum Gasteiger partial charge on any atom is -0.330 e. The number of halogens is 1. The van der Waals surface area contributed by atoms with Crippen LogP contribution in [0.4, 0.5) is 10.1 Å². The lowest BCUT2D eigenvalue weighted by molar-refractivity contribution is -0.117. The Bertz CT molecular complexity index is 432. The lowest BCUT2D eigenvalue weighted by Gasteiger charge is -2.16. The predicted octanol–water partition coefficient (Wildman–Crippen LogP) is 3.08. The van der Waals surface area contributed by atoms with Crippen molar-refractivity contribution in [1.29, 1.82) is 0 Å². The zero-order chi connectivity index (χ0) is 14.4. The van der Waals surface area contributed by atoms with E-state index in [1.165, 1.54) is 6.07 Å². The quantitative estimate of drug-likeness (QED) is 0.831. The van der Waals surface area contributed by atoms with E-state index < -0.39 is 0 Å². The van der Waals surface area contributed by atoms with Crippen molar-refractivity contribution in [3.05, 3.63) is 29.6 Å². The van der Waals surface area contributed by atoms with Crippen LogP contribution in [0.1, 0.15) is 32.3 Å². The summed E-state index contributed by atoms with van der Waals surface area (Å²) in [6.45, 7) is 6.41. The van der Waals surface area contributed by atoms with E-state index >= 15 is 0 Å². The Hall–Kier alpha value is -1.42. The van der Waals surface area contributed by atoms with E-state index in [9.17, 15) is 9.18 Å². The highest BCUT2D eigenvalue weighted by atomic mass is 19.1. The Morgan fingerprint density at radius 2 is 2.11 bits per heavy atom. The number of carbonyl (C=O) groups is 1. The second kappa shape index (κ2) is 7.24. The number of hydrogen-bond acceptors (Lipinski definition) is 2. The molecule has 0 radical (unpaired) electrons. The molecule has 0 saturated carbocycles. The lowest BCUT2D eigenvalue weighted by atomic mass is 9.94. The van der Waals surface area contributed by atoms with Crippen molar-refractivity contribution < 1.29 is 9.18 Å². The molecule has 0 bridgehead atoms. The van der Waals surface area contributed by atoms with Crippen molar-refractivity contribution in [2.75, 3.05) is 11.9 Å². The molecule has 0 unspecified atom stereocenters. The van der Waals surface area contributed by atoms with Crippen LogP contribution in [0.5, 0.6) is 0 Å². The topological polar surface area (TPSA) is 55.1 Å². The zero-order valence-corrected chi connectivity index (χ0v) is 11.9. The van der Waals surface area contributed by atoms with E-state index in [0.717, 1.165) is 6.42 Å². The summed E-state index contributed by atoms with van der Waals surface area (Å²) in [5, 5.41) is 2.79. The number of aryl methyl sites for hydroxylation is 1. The molecule has 0 aliphatic rings. The summed E-state index contributed by atoms with van der Waals surface area (Å²) < 4.78 is 13.1. The van der Waals surface area contributed by atoms with Crippen molar-refractivity contribution in [2.24, 2.45) is 17.6 Å². The molecule has 0 heterocycles. The van der Waals surface area contributed by atoms with Gasteiger partial charge < -0.3 is 11.1 Å². The molecule has 1 rings (SSSR count). The van der Waals surface area contributed by atoms with Crippen LogP contribution in [0, 0.1) is 24.6 Å². The smallest absolute Gasteiger partial charge is 0.224 e. The maximum atomic E-state index is 13.1. The first kappa shape index (κ1) is 15.6. The van der Waals surface area contributed by atoms with Gasteiger partial charge in [-0.3, -0.25) is 4.79 Å². The van der Waals surface area contributed by atoms with Crippen molar-refractivity contribution >= 4 is 11.6 Å². The van der Waals surface area contributed by atoms with Crippen LogP contribution in [-0.2, 0) is 4.79 Å². The van der Waals surface area contributed by atoms with Gasteiger partial charge in [0.05, 0.1) is 0 Å². The van der Waals surface area contributed by atoms with Crippen LogP contribution >= 0.6 is 0 Å². The summed E-state index contributed by atoms with van der Waals surface area (Å²) in [6, 6.07) is 4.56. The van der Waals surface area contributed by atoms with E-state index in [4.69, 9.17) is 5.73 Å². The molecule has 0 aliphatic heterocycles. The summed E-state index contributed by atoms with van der Waals surface area (Å²) in [6.07, 6.45) is 1.34. The van der Waals surface area contributed by atoms with Gasteiger partial charge in [-0.1, -0.05) is 13.8 Å². The van der Waals surface area contributed by atoms with Gasteiger partial charge >= 0.3 is 0 Å². The molecule has 1 atom stereocenters. The minimum atomic E-state index is -0.266. The molecule has 1 aromatic rings. The molecule has 1 aromatic carbocycles. The summed E-state index contributed by atoms with van der Waals surface area (Å²) in [4.78, 5) is 11.9. The number of anilines is 1. The molecule has 0 spiro atoms. The highest BCUT2D eigenvalue weighted by Gasteiger charge is 2.14. The lowest BCUT2D eigenvalue weighted by Crippen LogP contribution is -2.23. The molecule has 106 valence electrons. The largest absolute Gasteiger partial charge is 0.330 e. The van der Waals surface area contributed by atoms with Gasteiger partial charge in [0.1, 0.15) is 5.82 Å². The molecule has 0 saturated heterocycles. The second-order valence-corrected chi connectivity index (χ2v) is 5.45. The van der Waals surface area contributed by atoms with Crippen molar-refractivity contribution in [3.63, 3.8) is 0 Å². The van der Waals surface area contributed by atoms with Gasteiger partial charge in [-0.05, 0) is 55.5 Å². The molecule has 4 heteroatoms. The number of nitrogens with two attached hydrogens (primary N) is 1. The number of rotatable bonds is 6. The molecule has 1 amide bonds. The first-order valence-electron chi connectivity index (χ1n) is 6.68. The molecule has 3 N–H and O–H groups in total. The van der Waals surface area contributed by atoms with E-state index in [2.05, 4.69) is 19.2 Å². The van der Waals surface area contributed by atoms with Gasteiger partial charge in [0.15, 0.2) is 0 Å². The number of amides is 1. The van der Waals surface area contributed by atoms with Gasteiger partial charge in [-0.25, -0.2) is 4.39 Å². The van der Waals surface area contributed by atoms with Gasteiger partial charge in [0.25, 0.3) is 0 Å². The van der Waals surface area contributed by atoms with E-state index in [0.29, 0.717) is 30.1 Å². The van der Waals surface area contributed by atoms with Gasteiger partial charge in [-0.2, -0.15) is 0 Å². The Balaban J connectivity index is 2.56. The maximum Gasteiger partial charge on any atom is 0.224 e. The van der Waals surface area contributed by atoms with Crippen molar-refractivity contribution in [2.45, 2.75) is 33.6 Å². The molecular weight excluding hydrogens is 243 g/mol. The fraction of sp³-hybridized carbons (Fsp3) is 0.533. The Morgan fingerprint density at radius 1 is 1.42 bits per heavy atom. The van der Waals surface area contributed by atoms with Gasteiger partial charge in [0.2, 0.25) is 5.91 Å². The predicted molar refractivity (Wildman–Crippen MR) is 76.4 cm³/mol. The molecule has 0 fully saturated rings. The highest BCUT2D eigenvalue weighted by Crippen LogP contribution is 2.17. The Labute approximate surface area is 114 Å². The first-order valence-corrected chi connectivity index (χ1v) is 6.68. The van der Waals surface area contributed by atoms with Crippen LogP contribution in [0.2, 0.25) is 0 Å². The average molecular weight is 266 g/mol. The minimum absolute atomic E-state index is 0.0675. The summed E-state index contributed by atoms with van der Waals surface area (Å²) in [5.74, 6) is 0.385. The van der Waals surface area contributed by atoms with Crippen LogP contribution in [0.3, 0.4) is 0 Å². The SMILES string of the molecule is Cc1cc(NC(=O)C[C@@H](CN)CC(C)C)ccc1F. The van der Waals surface area contributed by atoms with Crippen LogP contribution in [0.25, 0.3) is 0 Å². The highest BCUT2D eigenvalue weighted by molar-refractivity contribution is 5.90. The third-order valence-electron chi connectivity index (χ3n) is 3.05. The van der Waals surface area contributed by atoms with E-state index in [-0.39, 0.29) is 17.6 Å². The number of carbonyl (C=O) groups excluding carboxylic acids is 1. The standard InChI is InChI=1S/C15H23FN2O/c1-10(2)6-12(9-17)8-15(19)18-13-4-5-14(16)11(3)7-13/h4-5,7,10,12H,6,8-9,17H2,1-3H3,(H,18,19)/t12-/m0/s1. The second-order valence-electron chi connectivity index (χ2n) is 5.45. The van der Waals surface area contributed by atoms with Crippen LogP contribution < -0.4 is 11.1 Å². The monoisotopic (exact) mass is 266 g/mol. The average Bonchev–Trinajstić information content (AvgIpc) is 2.32. The molecule has 19 heavy (non-hydrogen) atoms. The number of hydrogen-bond donors (Lipinski definition) is 2. The summed E-state index contributed by atoms with van der Waals surface area (Å²) >= 11 is 0. The zero-order valence-electron chi connectivity index (χ0n) is 11.9. The van der Waals surface area contributed by atoms with E-state index in [1.54, 1.807) is 19.1 Å². The number of nitrogens with one attached hydrogen (secondary N) is 1. The Kier molecular flexibility index (Phi) is 5.96. The molecule has 0 aromatic heterocycles. The van der Waals surface area contributed by atoms with Crippen LogP contribution in [0.15, 0.2) is 18.2 Å². The summed E-state index contributed by atoms with van der Waals surface area (Å²) in [7, 11) is 0. The third kappa shape index (κ3) is 5.39. The van der Waals surface area contributed by atoms with Crippen LogP contribution in [-0.4, -0.2) is 12.5 Å². The third-order valence-corrected chi connectivity index (χ3v) is 3.05. The maximum absolute atomic E-state index is 13.1. The molecule has 3 nitrogen and oxygen atoms in total. The molecule has 0 aliphatic carbocycles. The normalized spacial score (nSPS) is 12.5. The fourth-order valence-corrected chi connectivity index (χ4v) is 2.13. The first-order chi connectivity index (χ1) is 8.92. The van der Waals surface area contributed by atoms with Gasteiger partial charge in [0, 0.05) is 12.1 Å².